The van der Waals surface area contributed by atoms with Gasteiger partial charge in [0.1, 0.15) is 5.69 Å². The van der Waals surface area contributed by atoms with Gasteiger partial charge in [-0.1, -0.05) is 11.8 Å². The van der Waals surface area contributed by atoms with E-state index in [1.807, 2.05) is 19.1 Å². The summed E-state index contributed by atoms with van der Waals surface area (Å²) >= 11 is 1.52. The quantitative estimate of drug-likeness (QED) is 0.839. The molecule has 0 spiro atoms. The van der Waals surface area contributed by atoms with Gasteiger partial charge in [-0.05, 0) is 19.1 Å². The van der Waals surface area contributed by atoms with Crippen LogP contribution in [0, 0.1) is 18.8 Å². The molecule has 2 heterocycles. The van der Waals surface area contributed by atoms with E-state index >= 15 is 0 Å². The number of aryl methyl sites for hydroxylation is 1. The summed E-state index contributed by atoms with van der Waals surface area (Å²) in [5.41, 5.74) is 1.08. The monoisotopic (exact) mass is 301 g/mol. The van der Waals surface area contributed by atoms with Gasteiger partial charge in [-0.3, -0.25) is 9.78 Å². The van der Waals surface area contributed by atoms with Crippen LogP contribution in [0.2, 0.25) is 0 Å². The highest BCUT2D eigenvalue weighted by atomic mass is 32.1. The predicted octanol–water partition coefficient (Wildman–Crippen LogP) is 1.51. The summed E-state index contributed by atoms with van der Waals surface area (Å²) in [6, 6.07) is 3.83. The summed E-state index contributed by atoms with van der Waals surface area (Å²) in [7, 11) is 0. The molecule has 0 saturated heterocycles. The number of carbonyl (C=O) groups is 1. The molecule has 2 aromatic rings. The fourth-order valence-corrected chi connectivity index (χ4v) is 2.34. The lowest BCUT2D eigenvalue weighted by molar-refractivity contribution is 0.0946. The van der Waals surface area contributed by atoms with Crippen molar-refractivity contribution in [2.75, 3.05) is 6.61 Å². The number of nitrogens with one attached hydrogen (secondary N) is 1. The van der Waals surface area contributed by atoms with Crippen molar-refractivity contribution in [2.24, 2.45) is 0 Å². The number of amides is 1. The van der Waals surface area contributed by atoms with Crippen LogP contribution in [0.15, 0.2) is 24.5 Å². The molecule has 2 rings (SSSR count). The van der Waals surface area contributed by atoms with Crippen LogP contribution >= 0.6 is 11.3 Å². The summed E-state index contributed by atoms with van der Waals surface area (Å²) in [6.45, 7) is 2.32. The maximum Gasteiger partial charge on any atom is 0.271 e. The summed E-state index contributed by atoms with van der Waals surface area (Å²) in [5.74, 6) is 5.58. The third-order valence-corrected chi connectivity index (χ3v) is 3.55. The number of carbonyl (C=O) groups excluding carboxylic acids is 1. The topological polar surface area (TPSA) is 75.1 Å². The molecule has 0 atom stereocenters. The van der Waals surface area contributed by atoms with Crippen LogP contribution in [0.1, 0.15) is 32.4 Å². The molecule has 6 heteroatoms. The van der Waals surface area contributed by atoms with Crippen molar-refractivity contribution in [1.82, 2.24) is 15.3 Å². The summed E-state index contributed by atoms with van der Waals surface area (Å²) in [6.07, 6.45) is 3.50. The zero-order valence-corrected chi connectivity index (χ0v) is 12.4. The van der Waals surface area contributed by atoms with Gasteiger partial charge in [-0.15, -0.1) is 11.3 Å². The lowest BCUT2D eigenvalue weighted by Crippen LogP contribution is -2.23. The highest BCUT2D eigenvalue weighted by Crippen LogP contribution is 2.15. The molecule has 0 aliphatic heterocycles. The molecule has 0 saturated carbocycles. The SMILES string of the molecule is Cc1cnc(C(=O)NCc2ccc(C#CCCO)s2)cn1. The lowest BCUT2D eigenvalue weighted by Gasteiger charge is -2.02. The Morgan fingerprint density at radius 1 is 1.38 bits per heavy atom. The Morgan fingerprint density at radius 3 is 2.95 bits per heavy atom. The minimum Gasteiger partial charge on any atom is -0.395 e. The zero-order valence-electron chi connectivity index (χ0n) is 11.6. The number of thiophene rings is 1. The second-order valence-corrected chi connectivity index (χ2v) is 5.44. The number of aliphatic hydroxyl groups excluding tert-OH is 1. The highest BCUT2D eigenvalue weighted by molar-refractivity contribution is 7.12. The van der Waals surface area contributed by atoms with Crippen LogP contribution in [-0.4, -0.2) is 27.6 Å². The van der Waals surface area contributed by atoms with E-state index in [4.69, 9.17) is 5.11 Å². The van der Waals surface area contributed by atoms with Crippen molar-refractivity contribution in [3.63, 3.8) is 0 Å². The van der Waals surface area contributed by atoms with Gasteiger partial charge in [0, 0.05) is 17.5 Å². The molecule has 2 aromatic heterocycles. The third kappa shape index (κ3) is 4.67. The van der Waals surface area contributed by atoms with Crippen molar-refractivity contribution >= 4 is 17.2 Å². The number of aromatic nitrogens is 2. The fraction of sp³-hybridized carbons (Fsp3) is 0.267. The first-order chi connectivity index (χ1) is 10.2. The van der Waals surface area contributed by atoms with Crippen molar-refractivity contribution < 1.29 is 9.90 Å². The Kier molecular flexibility index (Phi) is 5.43. The van der Waals surface area contributed by atoms with Crippen LogP contribution in [0.4, 0.5) is 0 Å². The van der Waals surface area contributed by atoms with Crippen LogP contribution in [0.3, 0.4) is 0 Å². The first kappa shape index (κ1) is 15.2. The average molecular weight is 301 g/mol. The molecule has 0 aliphatic rings. The highest BCUT2D eigenvalue weighted by Gasteiger charge is 2.07. The number of aliphatic hydroxyl groups is 1. The van der Waals surface area contributed by atoms with Crippen LogP contribution in [0.25, 0.3) is 0 Å². The summed E-state index contributed by atoms with van der Waals surface area (Å²) in [5, 5.41) is 11.5. The second kappa shape index (κ2) is 7.53. The normalized spacial score (nSPS) is 9.81. The van der Waals surface area contributed by atoms with E-state index in [1.54, 1.807) is 6.20 Å². The van der Waals surface area contributed by atoms with Crippen molar-refractivity contribution in [3.8, 4) is 11.8 Å². The third-order valence-electron chi connectivity index (χ3n) is 2.55. The van der Waals surface area contributed by atoms with E-state index in [-0.39, 0.29) is 12.5 Å². The first-order valence-corrected chi connectivity index (χ1v) is 7.26. The van der Waals surface area contributed by atoms with Crippen molar-refractivity contribution in [3.05, 3.63) is 45.7 Å². The van der Waals surface area contributed by atoms with Crippen molar-refractivity contribution in [2.45, 2.75) is 19.9 Å². The van der Waals surface area contributed by atoms with Gasteiger partial charge in [-0.25, -0.2) is 4.98 Å². The smallest absolute Gasteiger partial charge is 0.271 e. The average Bonchev–Trinajstić information content (AvgIpc) is 2.94. The van der Waals surface area contributed by atoms with Gasteiger partial charge in [0.25, 0.3) is 5.91 Å². The Hall–Kier alpha value is -2.23. The first-order valence-electron chi connectivity index (χ1n) is 6.44. The Balaban J connectivity index is 1.90. The Labute approximate surface area is 127 Å². The van der Waals surface area contributed by atoms with Crippen LogP contribution in [-0.2, 0) is 6.54 Å². The molecule has 2 N–H and O–H groups in total. The molecule has 0 fully saturated rings. The van der Waals surface area contributed by atoms with Gasteiger partial charge in [0.2, 0.25) is 0 Å². The largest absolute Gasteiger partial charge is 0.395 e. The van der Waals surface area contributed by atoms with E-state index in [0.29, 0.717) is 18.7 Å². The molecule has 108 valence electrons. The van der Waals surface area contributed by atoms with E-state index in [0.717, 1.165) is 15.4 Å². The fourth-order valence-electron chi connectivity index (χ4n) is 1.51. The number of hydrogen-bond acceptors (Lipinski definition) is 5. The molecule has 5 nitrogen and oxygen atoms in total. The number of rotatable bonds is 4. The van der Waals surface area contributed by atoms with E-state index < -0.39 is 0 Å². The van der Waals surface area contributed by atoms with E-state index in [1.165, 1.54) is 17.5 Å². The standard InChI is InChI=1S/C15H15N3O2S/c1-11-8-17-14(10-16-11)15(20)18-9-13-6-5-12(21-13)4-2-3-7-19/h5-6,8,10,19H,3,7,9H2,1H3,(H,18,20). The summed E-state index contributed by atoms with van der Waals surface area (Å²) < 4.78 is 0. The molecule has 0 aromatic carbocycles. The minimum absolute atomic E-state index is 0.0683. The molecule has 21 heavy (non-hydrogen) atoms. The molecular weight excluding hydrogens is 286 g/mol. The Bertz CT molecular complexity index is 668. The molecule has 0 aliphatic carbocycles. The molecular formula is C15H15N3O2S. The van der Waals surface area contributed by atoms with Crippen LogP contribution in [0.5, 0.6) is 0 Å². The molecule has 0 unspecified atom stereocenters. The van der Waals surface area contributed by atoms with Gasteiger partial charge >= 0.3 is 0 Å². The predicted molar refractivity (Wildman–Crippen MR) is 80.8 cm³/mol. The minimum atomic E-state index is -0.246. The maximum absolute atomic E-state index is 11.9. The Morgan fingerprint density at radius 2 is 2.24 bits per heavy atom. The lowest BCUT2D eigenvalue weighted by atomic mass is 10.3. The van der Waals surface area contributed by atoms with Crippen LogP contribution < -0.4 is 5.32 Å². The van der Waals surface area contributed by atoms with Gasteiger partial charge in [0.15, 0.2) is 0 Å². The summed E-state index contributed by atoms with van der Waals surface area (Å²) in [4.78, 5) is 21.9. The second-order valence-electron chi connectivity index (χ2n) is 4.27. The molecule has 1 amide bonds. The van der Waals surface area contributed by atoms with Crippen molar-refractivity contribution in [1.29, 1.82) is 0 Å². The number of hydrogen-bond donors (Lipinski definition) is 2. The zero-order chi connectivity index (χ0) is 15.1. The maximum atomic E-state index is 11.9. The molecule has 0 bridgehead atoms. The van der Waals surface area contributed by atoms with E-state index in [2.05, 4.69) is 27.1 Å². The van der Waals surface area contributed by atoms with E-state index in [9.17, 15) is 4.79 Å². The number of nitrogens with zero attached hydrogens (tertiary/aromatic N) is 2. The molecule has 0 radical (unpaired) electrons. The van der Waals surface area contributed by atoms with Gasteiger partial charge in [-0.2, -0.15) is 0 Å². The van der Waals surface area contributed by atoms with Gasteiger partial charge in [0.05, 0.1) is 29.9 Å². The van der Waals surface area contributed by atoms with Gasteiger partial charge < -0.3 is 10.4 Å².